The maximum Gasteiger partial charge on any atom is 0.246 e. The zero-order chi connectivity index (χ0) is 27.5. The fourth-order valence-corrected chi connectivity index (χ4v) is 7.43. The van der Waals surface area contributed by atoms with Gasteiger partial charge in [-0.25, -0.2) is 4.98 Å². The summed E-state index contributed by atoms with van der Waals surface area (Å²) in [6.45, 7) is 8.26. The molecule has 1 saturated heterocycles. The van der Waals surface area contributed by atoms with Gasteiger partial charge in [0, 0.05) is 47.5 Å². The van der Waals surface area contributed by atoms with E-state index in [0.717, 1.165) is 42.2 Å². The Hall–Kier alpha value is -3.04. The monoisotopic (exact) mass is 564 g/mol. The normalized spacial score (nSPS) is 17.3. The first kappa shape index (κ1) is 27.5. The van der Waals surface area contributed by atoms with Gasteiger partial charge in [0.2, 0.25) is 11.8 Å². The summed E-state index contributed by atoms with van der Waals surface area (Å²) in [5.41, 5.74) is 4.46. The SMILES string of the molecule is Cc1ccc2c(c1)CCCN2[C@H](CC(C)C)C(=O)N1CCN(c2ccc(S(=O)Cc3nccs3)cc2)C(=O)C1. The van der Waals surface area contributed by atoms with Crippen molar-refractivity contribution in [3.63, 3.8) is 0 Å². The maximum atomic E-state index is 13.9. The molecule has 0 aliphatic carbocycles. The van der Waals surface area contributed by atoms with Gasteiger partial charge in [0.15, 0.2) is 0 Å². The number of anilines is 2. The molecule has 2 amide bonds. The number of carbonyl (C=O) groups is 2. The number of aromatic nitrogens is 1. The van der Waals surface area contributed by atoms with Gasteiger partial charge in [-0.3, -0.25) is 13.8 Å². The summed E-state index contributed by atoms with van der Waals surface area (Å²) in [4.78, 5) is 37.8. The lowest BCUT2D eigenvalue weighted by Crippen LogP contribution is -2.58. The van der Waals surface area contributed by atoms with E-state index < -0.39 is 10.8 Å². The fourth-order valence-electron chi connectivity index (χ4n) is 5.53. The van der Waals surface area contributed by atoms with Crippen LogP contribution in [-0.2, 0) is 32.6 Å². The number of benzene rings is 2. The van der Waals surface area contributed by atoms with Gasteiger partial charge in [-0.2, -0.15) is 0 Å². The lowest BCUT2D eigenvalue weighted by atomic mass is 9.94. The van der Waals surface area contributed by atoms with Crippen molar-refractivity contribution in [2.24, 2.45) is 5.92 Å². The molecule has 0 bridgehead atoms. The van der Waals surface area contributed by atoms with E-state index in [9.17, 15) is 13.8 Å². The number of carbonyl (C=O) groups excluding carboxylic acids is 2. The number of hydrogen-bond acceptors (Lipinski definition) is 6. The van der Waals surface area contributed by atoms with Crippen LogP contribution in [0.1, 0.15) is 42.8 Å². The Morgan fingerprint density at radius 2 is 1.90 bits per heavy atom. The average Bonchev–Trinajstić information content (AvgIpc) is 3.44. The predicted octanol–water partition coefficient (Wildman–Crippen LogP) is 4.80. The zero-order valence-electron chi connectivity index (χ0n) is 22.8. The lowest BCUT2D eigenvalue weighted by Gasteiger charge is -2.42. The number of piperazine rings is 1. The van der Waals surface area contributed by atoms with Crippen LogP contribution in [-0.4, -0.2) is 58.1 Å². The van der Waals surface area contributed by atoms with E-state index in [0.29, 0.717) is 29.7 Å². The Labute approximate surface area is 237 Å². The van der Waals surface area contributed by atoms with Crippen molar-refractivity contribution < 1.29 is 13.8 Å². The van der Waals surface area contributed by atoms with Gasteiger partial charge in [-0.05, 0) is 68.0 Å². The molecule has 39 heavy (non-hydrogen) atoms. The third-order valence-electron chi connectivity index (χ3n) is 7.43. The highest BCUT2D eigenvalue weighted by molar-refractivity contribution is 7.84. The van der Waals surface area contributed by atoms with Gasteiger partial charge in [0.25, 0.3) is 0 Å². The van der Waals surface area contributed by atoms with Crippen LogP contribution in [0.3, 0.4) is 0 Å². The van der Waals surface area contributed by atoms with Crippen molar-refractivity contribution in [2.45, 2.75) is 56.7 Å². The van der Waals surface area contributed by atoms with Crippen LogP contribution in [0.25, 0.3) is 0 Å². The van der Waals surface area contributed by atoms with E-state index >= 15 is 0 Å². The van der Waals surface area contributed by atoms with E-state index in [1.165, 1.54) is 22.5 Å². The topological polar surface area (TPSA) is 73.8 Å². The van der Waals surface area contributed by atoms with Crippen molar-refractivity contribution in [1.82, 2.24) is 9.88 Å². The molecular weight excluding hydrogens is 528 g/mol. The smallest absolute Gasteiger partial charge is 0.246 e. The Morgan fingerprint density at radius 1 is 1.10 bits per heavy atom. The van der Waals surface area contributed by atoms with Crippen LogP contribution in [0.15, 0.2) is 58.9 Å². The number of fused-ring (bicyclic) bond motifs is 1. The Morgan fingerprint density at radius 3 is 2.59 bits per heavy atom. The summed E-state index contributed by atoms with van der Waals surface area (Å²) in [5.74, 6) is 0.684. The number of aryl methyl sites for hydroxylation is 2. The van der Waals surface area contributed by atoms with Gasteiger partial charge in [-0.1, -0.05) is 31.5 Å². The maximum absolute atomic E-state index is 13.9. The summed E-state index contributed by atoms with van der Waals surface area (Å²) < 4.78 is 12.7. The van der Waals surface area contributed by atoms with Crippen molar-refractivity contribution in [3.8, 4) is 0 Å². The van der Waals surface area contributed by atoms with Gasteiger partial charge in [-0.15, -0.1) is 11.3 Å². The summed E-state index contributed by atoms with van der Waals surface area (Å²) >= 11 is 1.49. The number of thiazole rings is 1. The Kier molecular flexibility index (Phi) is 8.47. The number of rotatable bonds is 8. The molecule has 3 aromatic rings. The van der Waals surface area contributed by atoms with Crippen LogP contribution in [0.4, 0.5) is 11.4 Å². The third-order valence-corrected chi connectivity index (χ3v) is 9.72. The number of hydrogen-bond donors (Lipinski definition) is 0. The second-order valence-corrected chi connectivity index (χ2v) is 13.2. The van der Waals surface area contributed by atoms with Crippen LogP contribution < -0.4 is 9.80 Å². The van der Waals surface area contributed by atoms with Gasteiger partial charge in [0.1, 0.15) is 17.6 Å². The fraction of sp³-hybridized carbons (Fsp3) is 0.433. The molecular formula is C30H36N4O3S2. The van der Waals surface area contributed by atoms with E-state index in [2.05, 4.69) is 48.9 Å². The molecule has 206 valence electrons. The van der Waals surface area contributed by atoms with Crippen molar-refractivity contribution in [3.05, 3.63) is 70.2 Å². The van der Waals surface area contributed by atoms with Crippen LogP contribution in [0.2, 0.25) is 0 Å². The zero-order valence-corrected chi connectivity index (χ0v) is 24.5. The van der Waals surface area contributed by atoms with Crippen molar-refractivity contribution in [2.75, 3.05) is 36.0 Å². The predicted molar refractivity (Wildman–Crippen MR) is 158 cm³/mol. The first-order valence-electron chi connectivity index (χ1n) is 13.6. The Bertz CT molecular complexity index is 1340. The second kappa shape index (κ2) is 12.0. The number of nitrogens with zero attached hydrogens (tertiary/aromatic N) is 4. The molecule has 2 atom stereocenters. The molecule has 1 fully saturated rings. The molecule has 0 radical (unpaired) electrons. The molecule has 0 saturated carbocycles. The minimum atomic E-state index is -1.19. The first-order chi connectivity index (χ1) is 18.8. The average molecular weight is 565 g/mol. The van der Waals surface area contributed by atoms with Crippen LogP contribution in [0.5, 0.6) is 0 Å². The minimum absolute atomic E-state index is 0.0399. The minimum Gasteiger partial charge on any atom is -0.359 e. The molecule has 1 aromatic heterocycles. The third kappa shape index (κ3) is 6.25. The van der Waals surface area contributed by atoms with Crippen LogP contribution in [0, 0.1) is 12.8 Å². The van der Waals surface area contributed by atoms with Gasteiger partial charge < -0.3 is 14.7 Å². The number of amides is 2. The van der Waals surface area contributed by atoms with E-state index in [4.69, 9.17) is 0 Å². The molecule has 2 aliphatic rings. The van der Waals surface area contributed by atoms with Crippen LogP contribution >= 0.6 is 11.3 Å². The summed E-state index contributed by atoms with van der Waals surface area (Å²) in [5, 5.41) is 2.72. The molecule has 2 aliphatic heterocycles. The highest BCUT2D eigenvalue weighted by Gasteiger charge is 2.36. The molecule has 2 aromatic carbocycles. The molecule has 1 unspecified atom stereocenters. The van der Waals surface area contributed by atoms with Crippen molar-refractivity contribution in [1.29, 1.82) is 0 Å². The van der Waals surface area contributed by atoms with E-state index in [1.807, 2.05) is 29.6 Å². The molecule has 3 heterocycles. The van der Waals surface area contributed by atoms with Gasteiger partial charge in [0.05, 0.1) is 16.6 Å². The van der Waals surface area contributed by atoms with E-state index in [1.54, 1.807) is 16.0 Å². The highest BCUT2D eigenvalue weighted by Crippen LogP contribution is 2.32. The highest BCUT2D eigenvalue weighted by atomic mass is 32.2. The molecule has 7 nitrogen and oxygen atoms in total. The van der Waals surface area contributed by atoms with Gasteiger partial charge >= 0.3 is 0 Å². The molecule has 0 spiro atoms. The van der Waals surface area contributed by atoms with Crippen molar-refractivity contribution >= 4 is 45.3 Å². The van der Waals surface area contributed by atoms with E-state index in [-0.39, 0.29) is 24.4 Å². The molecule has 0 N–H and O–H groups in total. The first-order valence-corrected chi connectivity index (χ1v) is 15.8. The largest absolute Gasteiger partial charge is 0.359 e. The molecule has 9 heteroatoms. The summed E-state index contributed by atoms with van der Waals surface area (Å²) in [7, 11) is -1.19. The summed E-state index contributed by atoms with van der Waals surface area (Å²) in [6, 6.07) is 13.6. The Balaban J connectivity index is 1.27. The molecule has 5 rings (SSSR count). The quantitative estimate of drug-likeness (QED) is 0.393. The summed E-state index contributed by atoms with van der Waals surface area (Å²) in [6.07, 6.45) is 4.52. The lowest BCUT2D eigenvalue weighted by molar-refractivity contribution is -0.138. The second-order valence-electron chi connectivity index (χ2n) is 10.8. The standard InChI is InChI=1S/C30H36N4O3S2/c1-21(2)17-27(34-13-4-5-23-18-22(3)6-11-26(23)34)30(36)32-14-15-33(29(35)19-32)24-7-9-25(10-8-24)39(37)20-28-31-12-16-38-28/h6-12,16,18,21,27H,4-5,13-15,17,19-20H2,1-3H3/t27-,39?/m1/s1.